The summed E-state index contributed by atoms with van der Waals surface area (Å²) in [4.78, 5) is 12.0. The minimum absolute atomic E-state index is 0.0752. The van der Waals surface area contributed by atoms with Crippen LogP contribution in [0.4, 0.5) is 0 Å². The lowest BCUT2D eigenvalue weighted by atomic mass is 9.90. The molecule has 0 unspecified atom stereocenters. The van der Waals surface area contributed by atoms with E-state index in [-0.39, 0.29) is 10.5 Å². The van der Waals surface area contributed by atoms with Crippen molar-refractivity contribution in [3.63, 3.8) is 0 Å². The molecule has 0 atom stereocenters. The zero-order valence-electron chi connectivity index (χ0n) is 12.0. The van der Waals surface area contributed by atoms with Crippen molar-refractivity contribution < 1.29 is 17.9 Å². The third-order valence-electron chi connectivity index (χ3n) is 3.74. The molecule has 0 radical (unpaired) electrons. The molecule has 0 N–H and O–H groups in total. The number of ether oxygens (including phenoxy) is 1. The van der Waals surface area contributed by atoms with Crippen LogP contribution in [0.5, 0.6) is 0 Å². The predicted octanol–water partition coefficient (Wildman–Crippen LogP) is 3.66. The molecule has 4 nitrogen and oxygen atoms in total. The van der Waals surface area contributed by atoms with Gasteiger partial charge in [0.15, 0.2) is 0 Å². The lowest BCUT2D eigenvalue weighted by Gasteiger charge is -2.21. The van der Waals surface area contributed by atoms with E-state index in [4.69, 9.17) is 15.4 Å². The van der Waals surface area contributed by atoms with Crippen LogP contribution in [0.2, 0.25) is 0 Å². The molecular formula is C15H19ClO4S. The summed E-state index contributed by atoms with van der Waals surface area (Å²) in [5.41, 5.74) is 0.881. The molecule has 1 fully saturated rings. The molecule has 1 aliphatic carbocycles. The largest absolute Gasteiger partial charge is 0.462 e. The Kier molecular flexibility index (Phi) is 5.27. The van der Waals surface area contributed by atoms with Gasteiger partial charge in [0.1, 0.15) is 0 Å². The zero-order chi connectivity index (χ0) is 15.5. The quantitative estimate of drug-likeness (QED) is 0.624. The minimum atomic E-state index is -3.85. The summed E-state index contributed by atoms with van der Waals surface area (Å²) in [6, 6.07) is 4.30. The van der Waals surface area contributed by atoms with Gasteiger partial charge < -0.3 is 4.74 Å². The van der Waals surface area contributed by atoms with Crippen LogP contribution in [0.25, 0.3) is 0 Å². The summed E-state index contributed by atoms with van der Waals surface area (Å²) in [6.45, 7) is 2.11. The first-order chi connectivity index (χ1) is 9.86. The Bertz CT molecular complexity index is 619. The van der Waals surface area contributed by atoms with E-state index in [2.05, 4.69) is 0 Å². The summed E-state index contributed by atoms with van der Waals surface area (Å²) >= 11 is 0. The Labute approximate surface area is 129 Å². The third-order valence-corrected chi connectivity index (χ3v) is 5.08. The SMILES string of the molecule is Cc1cc(C(=O)OCC2CCCCC2)cc(S(=O)(=O)Cl)c1. The van der Waals surface area contributed by atoms with E-state index in [0.29, 0.717) is 18.1 Å². The Morgan fingerprint density at radius 3 is 2.52 bits per heavy atom. The Balaban J connectivity index is 2.06. The summed E-state index contributed by atoms with van der Waals surface area (Å²) in [7, 11) is 1.47. The number of benzene rings is 1. The van der Waals surface area contributed by atoms with E-state index in [1.807, 2.05) is 0 Å². The van der Waals surface area contributed by atoms with Gasteiger partial charge in [0.05, 0.1) is 17.1 Å². The molecule has 0 bridgehead atoms. The van der Waals surface area contributed by atoms with Gasteiger partial charge in [-0.2, -0.15) is 0 Å². The highest BCUT2D eigenvalue weighted by atomic mass is 35.7. The van der Waals surface area contributed by atoms with Crippen molar-refractivity contribution in [1.82, 2.24) is 0 Å². The highest BCUT2D eigenvalue weighted by Crippen LogP contribution is 2.24. The molecule has 21 heavy (non-hydrogen) atoms. The molecule has 2 rings (SSSR count). The molecule has 1 saturated carbocycles. The minimum Gasteiger partial charge on any atom is -0.462 e. The second-order valence-corrected chi connectivity index (χ2v) is 8.14. The standard InChI is InChI=1S/C15H19ClO4S/c1-11-7-13(9-14(8-11)21(16,18)19)15(17)20-10-12-5-3-2-4-6-12/h7-9,12H,2-6,10H2,1H3. The number of rotatable bonds is 4. The molecule has 0 spiro atoms. The molecule has 0 aromatic heterocycles. The number of halogens is 1. The maximum Gasteiger partial charge on any atom is 0.338 e. The van der Waals surface area contributed by atoms with Crippen molar-refractivity contribution in [2.75, 3.05) is 6.61 Å². The van der Waals surface area contributed by atoms with Gasteiger partial charge in [0, 0.05) is 10.7 Å². The highest BCUT2D eigenvalue weighted by molar-refractivity contribution is 8.13. The molecule has 1 aliphatic rings. The van der Waals surface area contributed by atoms with Gasteiger partial charge in [-0.05, 0) is 49.4 Å². The Morgan fingerprint density at radius 2 is 1.90 bits per heavy atom. The van der Waals surface area contributed by atoms with Crippen molar-refractivity contribution in [3.05, 3.63) is 29.3 Å². The molecule has 6 heteroatoms. The summed E-state index contributed by atoms with van der Waals surface area (Å²) < 4.78 is 28.1. The van der Waals surface area contributed by atoms with Crippen LogP contribution < -0.4 is 0 Å². The van der Waals surface area contributed by atoms with Crippen molar-refractivity contribution >= 4 is 25.7 Å². The van der Waals surface area contributed by atoms with Gasteiger partial charge >= 0.3 is 5.97 Å². The molecule has 1 aromatic rings. The van der Waals surface area contributed by atoms with E-state index >= 15 is 0 Å². The first kappa shape index (κ1) is 16.3. The van der Waals surface area contributed by atoms with Crippen LogP contribution in [-0.4, -0.2) is 21.0 Å². The smallest absolute Gasteiger partial charge is 0.338 e. The number of esters is 1. The Hall–Kier alpha value is -1.07. The van der Waals surface area contributed by atoms with E-state index in [1.54, 1.807) is 13.0 Å². The van der Waals surface area contributed by atoms with Crippen LogP contribution >= 0.6 is 10.7 Å². The van der Waals surface area contributed by atoms with Crippen molar-refractivity contribution in [2.45, 2.75) is 43.9 Å². The average Bonchev–Trinajstić information content (AvgIpc) is 2.44. The molecule has 0 amide bonds. The van der Waals surface area contributed by atoms with E-state index in [9.17, 15) is 13.2 Å². The number of carbonyl (C=O) groups excluding carboxylic acids is 1. The first-order valence-electron chi connectivity index (χ1n) is 7.10. The lowest BCUT2D eigenvalue weighted by molar-refractivity contribution is 0.0410. The average molecular weight is 331 g/mol. The van der Waals surface area contributed by atoms with Crippen molar-refractivity contribution in [1.29, 1.82) is 0 Å². The van der Waals surface area contributed by atoms with Crippen LogP contribution in [-0.2, 0) is 13.8 Å². The van der Waals surface area contributed by atoms with E-state index in [1.165, 1.54) is 31.4 Å². The van der Waals surface area contributed by atoms with E-state index in [0.717, 1.165) is 12.8 Å². The number of hydrogen-bond donors (Lipinski definition) is 0. The first-order valence-corrected chi connectivity index (χ1v) is 9.40. The highest BCUT2D eigenvalue weighted by Gasteiger charge is 2.18. The number of aryl methyl sites for hydroxylation is 1. The maximum atomic E-state index is 12.1. The molecule has 0 aliphatic heterocycles. The maximum absolute atomic E-state index is 12.1. The molecule has 116 valence electrons. The fraction of sp³-hybridized carbons (Fsp3) is 0.533. The van der Waals surface area contributed by atoms with E-state index < -0.39 is 15.0 Å². The number of carbonyl (C=O) groups is 1. The van der Waals surface area contributed by atoms with Crippen LogP contribution in [0.1, 0.15) is 48.0 Å². The van der Waals surface area contributed by atoms with Crippen LogP contribution in [0, 0.1) is 12.8 Å². The Morgan fingerprint density at radius 1 is 1.24 bits per heavy atom. The topological polar surface area (TPSA) is 60.4 Å². The molecule has 1 aromatic carbocycles. The number of hydrogen-bond acceptors (Lipinski definition) is 4. The fourth-order valence-corrected chi connectivity index (χ4v) is 3.50. The van der Waals surface area contributed by atoms with Crippen LogP contribution in [0.15, 0.2) is 23.1 Å². The van der Waals surface area contributed by atoms with Gasteiger partial charge in [-0.1, -0.05) is 19.3 Å². The third kappa shape index (κ3) is 4.71. The monoisotopic (exact) mass is 330 g/mol. The lowest BCUT2D eigenvalue weighted by Crippen LogP contribution is -2.17. The second-order valence-electron chi connectivity index (χ2n) is 5.58. The van der Waals surface area contributed by atoms with Gasteiger partial charge in [0.25, 0.3) is 9.05 Å². The van der Waals surface area contributed by atoms with Gasteiger partial charge in [0.2, 0.25) is 0 Å². The summed E-state index contributed by atoms with van der Waals surface area (Å²) in [5.74, 6) is -0.0745. The second kappa shape index (κ2) is 6.79. The van der Waals surface area contributed by atoms with Crippen LogP contribution in [0.3, 0.4) is 0 Å². The van der Waals surface area contributed by atoms with Gasteiger partial charge in [-0.25, -0.2) is 13.2 Å². The molecular weight excluding hydrogens is 312 g/mol. The normalized spacial score (nSPS) is 16.7. The summed E-state index contributed by atoms with van der Waals surface area (Å²) in [5, 5.41) is 0. The summed E-state index contributed by atoms with van der Waals surface area (Å²) in [6.07, 6.45) is 5.78. The van der Waals surface area contributed by atoms with Gasteiger partial charge in [-0.3, -0.25) is 0 Å². The predicted molar refractivity (Wildman–Crippen MR) is 81.1 cm³/mol. The molecule has 0 heterocycles. The van der Waals surface area contributed by atoms with Crippen molar-refractivity contribution in [2.24, 2.45) is 5.92 Å². The molecule has 0 saturated heterocycles. The van der Waals surface area contributed by atoms with Crippen molar-refractivity contribution in [3.8, 4) is 0 Å². The van der Waals surface area contributed by atoms with Gasteiger partial charge in [-0.15, -0.1) is 0 Å². The fourth-order valence-electron chi connectivity index (χ4n) is 2.64. The zero-order valence-corrected chi connectivity index (χ0v) is 13.5.